The van der Waals surface area contributed by atoms with Crippen molar-refractivity contribution in [1.82, 2.24) is 14.8 Å². The zero-order valence-electron chi connectivity index (χ0n) is 10.5. The van der Waals surface area contributed by atoms with Crippen LogP contribution in [0.5, 0.6) is 0 Å². The van der Waals surface area contributed by atoms with E-state index in [1.54, 1.807) is 26.0 Å². The molecule has 5 heteroatoms. The first-order valence-corrected chi connectivity index (χ1v) is 5.76. The number of aliphatic hydroxyl groups is 2. The minimum absolute atomic E-state index is 0.139. The van der Waals surface area contributed by atoms with Crippen LogP contribution in [0.3, 0.4) is 0 Å². The fraction of sp³-hybridized carbons (Fsp3) is 0.385. The molecule has 0 spiro atoms. The van der Waals surface area contributed by atoms with Crippen LogP contribution < -0.4 is 0 Å². The number of hydrogen-bond acceptors (Lipinski definition) is 4. The van der Waals surface area contributed by atoms with Gasteiger partial charge in [-0.3, -0.25) is 0 Å². The molecule has 0 unspecified atom stereocenters. The molecule has 0 bridgehead atoms. The summed E-state index contributed by atoms with van der Waals surface area (Å²) in [6, 6.07) is 9.09. The van der Waals surface area contributed by atoms with Gasteiger partial charge in [0.05, 0.1) is 12.1 Å². The van der Waals surface area contributed by atoms with Crippen molar-refractivity contribution in [1.29, 1.82) is 0 Å². The van der Waals surface area contributed by atoms with Gasteiger partial charge >= 0.3 is 0 Å². The molecule has 0 fully saturated rings. The van der Waals surface area contributed by atoms with Crippen LogP contribution >= 0.6 is 0 Å². The van der Waals surface area contributed by atoms with Crippen LogP contribution in [0.25, 0.3) is 0 Å². The van der Waals surface area contributed by atoms with Gasteiger partial charge < -0.3 is 10.2 Å². The quantitative estimate of drug-likeness (QED) is 0.843. The van der Waals surface area contributed by atoms with E-state index >= 15 is 0 Å². The van der Waals surface area contributed by atoms with Gasteiger partial charge in [0, 0.05) is 0 Å². The van der Waals surface area contributed by atoms with Crippen LogP contribution in [0.1, 0.15) is 19.4 Å². The van der Waals surface area contributed by atoms with Gasteiger partial charge in [0.1, 0.15) is 18.3 Å². The maximum atomic E-state index is 10.9. The average Bonchev–Trinajstić information content (AvgIpc) is 2.81. The van der Waals surface area contributed by atoms with Gasteiger partial charge in [-0.2, -0.15) is 5.10 Å². The van der Waals surface area contributed by atoms with E-state index in [-0.39, 0.29) is 6.54 Å². The summed E-state index contributed by atoms with van der Waals surface area (Å²) in [6.07, 6.45) is 2.91. The van der Waals surface area contributed by atoms with E-state index < -0.39 is 11.2 Å². The smallest absolute Gasteiger partial charge is 0.137 e. The third kappa shape index (κ3) is 2.27. The molecule has 1 aromatic carbocycles. The van der Waals surface area contributed by atoms with Crippen LogP contribution in [0.2, 0.25) is 0 Å². The van der Waals surface area contributed by atoms with Crippen molar-refractivity contribution in [2.24, 2.45) is 0 Å². The van der Waals surface area contributed by atoms with Crippen LogP contribution in [0, 0.1) is 0 Å². The first-order chi connectivity index (χ1) is 8.43. The molecule has 0 amide bonds. The van der Waals surface area contributed by atoms with Gasteiger partial charge in [-0.1, -0.05) is 30.3 Å². The molecular weight excluding hydrogens is 230 g/mol. The lowest BCUT2D eigenvalue weighted by Crippen LogP contribution is -2.50. The van der Waals surface area contributed by atoms with Gasteiger partial charge in [0.25, 0.3) is 0 Å². The Labute approximate surface area is 106 Å². The summed E-state index contributed by atoms with van der Waals surface area (Å²) >= 11 is 0. The Balaban J connectivity index is 2.42. The largest absolute Gasteiger partial charge is 0.387 e. The molecule has 1 atom stereocenters. The maximum Gasteiger partial charge on any atom is 0.137 e. The molecule has 0 saturated carbocycles. The van der Waals surface area contributed by atoms with Crippen LogP contribution in [-0.4, -0.2) is 30.6 Å². The first-order valence-electron chi connectivity index (χ1n) is 5.76. The molecule has 1 aromatic heterocycles. The molecule has 0 saturated heterocycles. The zero-order valence-corrected chi connectivity index (χ0v) is 10.5. The van der Waals surface area contributed by atoms with Crippen molar-refractivity contribution in [3.63, 3.8) is 0 Å². The zero-order chi connectivity index (χ0) is 13.2. The lowest BCUT2D eigenvalue weighted by Gasteiger charge is -2.39. The SMILES string of the molecule is CC(C)(O)[C@](O)(Cn1cncn1)c1ccccc1. The Morgan fingerprint density at radius 2 is 1.83 bits per heavy atom. The molecule has 0 radical (unpaired) electrons. The highest BCUT2D eigenvalue weighted by atomic mass is 16.4. The standard InChI is InChI=1S/C13H17N3O2/c1-12(2,17)13(18,8-16-10-14-9-15-16)11-6-4-3-5-7-11/h3-7,9-10,17-18H,8H2,1-2H3/t13-/m0/s1. The van der Waals surface area contributed by atoms with Crippen molar-refractivity contribution >= 4 is 0 Å². The summed E-state index contributed by atoms with van der Waals surface area (Å²) in [7, 11) is 0. The first kappa shape index (κ1) is 12.7. The van der Waals surface area contributed by atoms with E-state index in [4.69, 9.17) is 0 Å². The number of nitrogens with zero attached hydrogens (tertiary/aromatic N) is 3. The predicted octanol–water partition coefficient (Wildman–Crippen LogP) is 0.937. The molecule has 0 aliphatic heterocycles. The summed E-state index contributed by atoms with van der Waals surface area (Å²) < 4.78 is 1.50. The van der Waals surface area contributed by atoms with Crippen molar-refractivity contribution in [2.45, 2.75) is 31.6 Å². The Bertz CT molecular complexity index is 491. The van der Waals surface area contributed by atoms with Gasteiger partial charge in [0.2, 0.25) is 0 Å². The Hall–Kier alpha value is -1.72. The molecule has 1 heterocycles. The Morgan fingerprint density at radius 1 is 1.17 bits per heavy atom. The molecule has 0 aliphatic rings. The highest BCUT2D eigenvalue weighted by molar-refractivity contribution is 5.25. The normalized spacial score (nSPS) is 15.3. The Kier molecular flexibility index (Phi) is 3.19. The van der Waals surface area contributed by atoms with E-state index in [1.165, 1.54) is 17.3 Å². The Morgan fingerprint density at radius 3 is 2.33 bits per heavy atom. The topological polar surface area (TPSA) is 71.2 Å². The predicted molar refractivity (Wildman–Crippen MR) is 66.7 cm³/mol. The summed E-state index contributed by atoms with van der Waals surface area (Å²) in [5.74, 6) is 0. The summed E-state index contributed by atoms with van der Waals surface area (Å²) in [5, 5.41) is 25.1. The summed E-state index contributed by atoms with van der Waals surface area (Å²) in [4.78, 5) is 3.84. The van der Waals surface area contributed by atoms with Crippen LogP contribution in [0.15, 0.2) is 43.0 Å². The second-order valence-electron chi connectivity index (χ2n) is 4.88. The van der Waals surface area contributed by atoms with Gasteiger partial charge in [-0.05, 0) is 19.4 Å². The van der Waals surface area contributed by atoms with E-state index in [1.807, 2.05) is 18.2 Å². The third-order valence-corrected chi connectivity index (χ3v) is 3.12. The summed E-state index contributed by atoms with van der Waals surface area (Å²) in [5.41, 5.74) is -2.09. The van der Waals surface area contributed by atoms with Gasteiger partial charge in [-0.25, -0.2) is 9.67 Å². The van der Waals surface area contributed by atoms with E-state index in [0.717, 1.165) is 0 Å². The van der Waals surface area contributed by atoms with Crippen molar-refractivity contribution in [2.75, 3.05) is 0 Å². The molecule has 5 nitrogen and oxygen atoms in total. The fourth-order valence-electron chi connectivity index (χ4n) is 1.90. The van der Waals surface area contributed by atoms with E-state index in [2.05, 4.69) is 10.1 Å². The van der Waals surface area contributed by atoms with E-state index in [9.17, 15) is 10.2 Å². The van der Waals surface area contributed by atoms with E-state index in [0.29, 0.717) is 5.56 Å². The lowest BCUT2D eigenvalue weighted by molar-refractivity contribution is -0.148. The second-order valence-corrected chi connectivity index (χ2v) is 4.88. The molecule has 2 rings (SSSR count). The number of benzene rings is 1. The number of rotatable bonds is 4. The molecule has 18 heavy (non-hydrogen) atoms. The van der Waals surface area contributed by atoms with Crippen LogP contribution in [-0.2, 0) is 12.1 Å². The highest BCUT2D eigenvalue weighted by Gasteiger charge is 2.44. The van der Waals surface area contributed by atoms with Gasteiger partial charge in [0.15, 0.2) is 0 Å². The number of hydrogen-bond donors (Lipinski definition) is 2. The van der Waals surface area contributed by atoms with Gasteiger partial charge in [-0.15, -0.1) is 0 Å². The average molecular weight is 247 g/mol. The minimum Gasteiger partial charge on any atom is -0.387 e. The minimum atomic E-state index is -1.43. The highest BCUT2D eigenvalue weighted by Crippen LogP contribution is 2.34. The molecule has 2 N–H and O–H groups in total. The summed E-state index contributed by atoms with van der Waals surface area (Å²) in [6.45, 7) is 3.30. The molecule has 96 valence electrons. The fourth-order valence-corrected chi connectivity index (χ4v) is 1.90. The van der Waals surface area contributed by atoms with Crippen LogP contribution in [0.4, 0.5) is 0 Å². The van der Waals surface area contributed by atoms with Crippen molar-refractivity contribution in [3.8, 4) is 0 Å². The van der Waals surface area contributed by atoms with Crippen molar-refractivity contribution < 1.29 is 10.2 Å². The number of aromatic nitrogens is 3. The lowest BCUT2D eigenvalue weighted by atomic mass is 9.80. The molecular formula is C13H17N3O2. The molecule has 0 aliphatic carbocycles. The van der Waals surface area contributed by atoms with Crippen molar-refractivity contribution in [3.05, 3.63) is 48.5 Å². The second kappa shape index (κ2) is 4.51. The molecule has 2 aromatic rings. The maximum absolute atomic E-state index is 10.9. The monoisotopic (exact) mass is 247 g/mol. The third-order valence-electron chi connectivity index (χ3n) is 3.12.